The van der Waals surface area contributed by atoms with Gasteiger partial charge in [0.1, 0.15) is 0 Å². The van der Waals surface area contributed by atoms with E-state index >= 15 is 0 Å². The van der Waals surface area contributed by atoms with Gasteiger partial charge in [-0.3, -0.25) is 4.79 Å². The second-order valence-corrected chi connectivity index (χ2v) is 7.52. The smallest absolute Gasteiger partial charge is 0.243 e. The van der Waals surface area contributed by atoms with E-state index in [1.54, 1.807) is 31.2 Å². The van der Waals surface area contributed by atoms with Crippen LogP contribution in [-0.4, -0.2) is 31.6 Å². The van der Waals surface area contributed by atoms with Crippen LogP contribution in [0.2, 0.25) is 0 Å². The molecule has 106 valence electrons. The van der Waals surface area contributed by atoms with Crippen molar-refractivity contribution in [2.24, 2.45) is 5.92 Å². The molecule has 1 aliphatic carbocycles. The number of carbonyl (C=O) groups is 1. The van der Waals surface area contributed by atoms with E-state index in [1.165, 1.54) is 4.31 Å². The van der Waals surface area contributed by atoms with Gasteiger partial charge in [-0.15, -0.1) is 0 Å². The third-order valence-corrected chi connectivity index (χ3v) is 6.08. The first kappa shape index (κ1) is 13.5. The van der Waals surface area contributed by atoms with Gasteiger partial charge in [-0.05, 0) is 37.1 Å². The molecular weight excluding hydrogens is 274 g/mol. The van der Waals surface area contributed by atoms with Gasteiger partial charge < -0.3 is 0 Å². The normalized spacial score (nSPS) is 23.5. The summed E-state index contributed by atoms with van der Waals surface area (Å²) in [4.78, 5) is 12.0. The number of rotatable bonds is 2. The number of nitrogens with zero attached hydrogens (tertiary/aromatic N) is 1. The lowest BCUT2D eigenvalue weighted by atomic mass is 10.1. The van der Waals surface area contributed by atoms with Gasteiger partial charge in [0.15, 0.2) is 5.78 Å². The zero-order valence-electron chi connectivity index (χ0n) is 11.6. The first-order valence-electron chi connectivity index (χ1n) is 6.69. The average Bonchev–Trinajstić information content (AvgIpc) is 2.92. The Hall–Kier alpha value is -1.46. The van der Waals surface area contributed by atoms with Crippen molar-refractivity contribution in [2.75, 3.05) is 13.1 Å². The number of Topliss-reactive ketones (excluding diaryl/α,β-unsaturated/α-hetero) is 1. The van der Waals surface area contributed by atoms with Crippen molar-refractivity contribution in [1.29, 1.82) is 0 Å². The number of hydrogen-bond donors (Lipinski definition) is 0. The maximum Gasteiger partial charge on any atom is 0.243 e. The summed E-state index contributed by atoms with van der Waals surface area (Å²) in [6.07, 6.45) is 0.459. The molecule has 4 nitrogen and oxygen atoms in total. The van der Waals surface area contributed by atoms with Gasteiger partial charge >= 0.3 is 0 Å². The predicted octanol–water partition coefficient (Wildman–Crippen LogP) is 1.90. The lowest BCUT2D eigenvalue weighted by Crippen LogP contribution is -2.29. The molecule has 3 rings (SSSR count). The molecule has 2 aliphatic rings. The molecule has 0 N–H and O–H groups in total. The first-order valence-corrected chi connectivity index (χ1v) is 8.13. The largest absolute Gasteiger partial charge is 0.295 e. The van der Waals surface area contributed by atoms with Crippen molar-refractivity contribution in [2.45, 2.75) is 25.2 Å². The Kier molecular flexibility index (Phi) is 3.06. The molecule has 0 spiro atoms. The van der Waals surface area contributed by atoms with Crippen molar-refractivity contribution >= 4 is 15.8 Å². The van der Waals surface area contributed by atoms with Crippen LogP contribution in [0.15, 0.2) is 40.3 Å². The Balaban J connectivity index is 1.92. The van der Waals surface area contributed by atoms with Crippen LogP contribution in [0.3, 0.4) is 0 Å². The number of allylic oxidation sites excluding steroid dienone is 1. The summed E-state index contributed by atoms with van der Waals surface area (Å²) in [5.74, 6) is 0.250. The molecular formula is C15H17NO3S. The van der Waals surface area contributed by atoms with Crippen LogP contribution in [-0.2, 0) is 14.8 Å². The fourth-order valence-corrected chi connectivity index (χ4v) is 4.41. The molecule has 1 saturated heterocycles. The second-order valence-electron chi connectivity index (χ2n) is 5.59. The van der Waals surface area contributed by atoms with Crippen LogP contribution < -0.4 is 0 Å². The summed E-state index contributed by atoms with van der Waals surface area (Å²) < 4.78 is 26.7. The highest BCUT2D eigenvalue weighted by atomic mass is 32.2. The number of sulfonamides is 1. The topological polar surface area (TPSA) is 54.5 Å². The van der Waals surface area contributed by atoms with E-state index < -0.39 is 10.0 Å². The van der Waals surface area contributed by atoms with E-state index in [1.807, 2.05) is 6.92 Å². The van der Waals surface area contributed by atoms with Crippen molar-refractivity contribution < 1.29 is 13.2 Å². The molecule has 1 aromatic carbocycles. The maximum atomic E-state index is 12.6. The molecule has 0 radical (unpaired) electrons. The van der Waals surface area contributed by atoms with Gasteiger partial charge in [0.25, 0.3) is 0 Å². The van der Waals surface area contributed by atoms with Gasteiger partial charge in [-0.25, -0.2) is 8.42 Å². The number of aryl methyl sites for hydroxylation is 1. The van der Waals surface area contributed by atoms with E-state index in [9.17, 15) is 13.2 Å². The van der Waals surface area contributed by atoms with Gasteiger partial charge in [0, 0.05) is 25.4 Å². The van der Waals surface area contributed by atoms with E-state index in [-0.39, 0.29) is 11.7 Å². The maximum absolute atomic E-state index is 12.6. The van der Waals surface area contributed by atoms with E-state index in [0.29, 0.717) is 24.4 Å². The Morgan fingerprint density at radius 1 is 1.15 bits per heavy atom. The van der Waals surface area contributed by atoms with E-state index in [4.69, 9.17) is 0 Å². The number of hydrogen-bond acceptors (Lipinski definition) is 3. The van der Waals surface area contributed by atoms with Gasteiger partial charge in [0.2, 0.25) is 10.0 Å². The van der Waals surface area contributed by atoms with E-state index in [2.05, 4.69) is 0 Å². The first-order chi connectivity index (χ1) is 9.39. The summed E-state index contributed by atoms with van der Waals surface area (Å²) in [6, 6.07) is 6.89. The summed E-state index contributed by atoms with van der Waals surface area (Å²) in [7, 11) is -3.45. The summed E-state index contributed by atoms with van der Waals surface area (Å²) in [5.41, 5.74) is 2.80. The molecule has 0 aromatic heterocycles. The molecule has 1 aromatic rings. The minimum Gasteiger partial charge on any atom is -0.295 e. The summed E-state index contributed by atoms with van der Waals surface area (Å²) >= 11 is 0. The SMILES string of the molecule is CC1=C2CN(S(=O)(=O)c3ccc(C)cc3)CC2CC1=O. The molecule has 0 bridgehead atoms. The molecule has 0 saturated carbocycles. The molecule has 1 unspecified atom stereocenters. The van der Waals surface area contributed by atoms with Crippen molar-refractivity contribution in [3.63, 3.8) is 0 Å². The van der Waals surface area contributed by atoms with Crippen LogP contribution in [0.5, 0.6) is 0 Å². The molecule has 1 fully saturated rings. The Morgan fingerprint density at radius 3 is 2.40 bits per heavy atom. The number of fused-ring (bicyclic) bond motifs is 1. The fraction of sp³-hybridized carbons (Fsp3) is 0.400. The van der Waals surface area contributed by atoms with Crippen LogP contribution in [0.1, 0.15) is 18.9 Å². The number of carbonyl (C=O) groups excluding carboxylic acids is 1. The summed E-state index contributed by atoms with van der Waals surface area (Å²) in [6.45, 7) is 4.52. The summed E-state index contributed by atoms with van der Waals surface area (Å²) in [5, 5.41) is 0. The second kappa shape index (κ2) is 4.53. The van der Waals surface area contributed by atoms with Gasteiger partial charge in [-0.2, -0.15) is 4.31 Å². The number of ketones is 1. The Bertz CT molecular complexity index is 701. The zero-order chi connectivity index (χ0) is 14.5. The fourth-order valence-electron chi connectivity index (χ4n) is 2.95. The molecule has 1 atom stereocenters. The zero-order valence-corrected chi connectivity index (χ0v) is 12.4. The highest BCUT2D eigenvalue weighted by molar-refractivity contribution is 7.89. The highest BCUT2D eigenvalue weighted by Gasteiger charge is 2.41. The van der Waals surface area contributed by atoms with Crippen LogP contribution in [0.25, 0.3) is 0 Å². The quantitative estimate of drug-likeness (QED) is 0.836. The molecule has 0 amide bonds. The van der Waals surface area contributed by atoms with Crippen LogP contribution >= 0.6 is 0 Å². The monoisotopic (exact) mass is 291 g/mol. The van der Waals surface area contributed by atoms with Gasteiger partial charge in [0.05, 0.1) is 4.90 Å². The van der Waals surface area contributed by atoms with Crippen molar-refractivity contribution in [3.05, 3.63) is 41.0 Å². The molecule has 1 heterocycles. The third kappa shape index (κ3) is 2.01. The molecule has 5 heteroatoms. The highest BCUT2D eigenvalue weighted by Crippen LogP contribution is 2.37. The van der Waals surface area contributed by atoms with Gasteiger partial charge in [-0.1, -0.05) is 17.7 Å². The van der Waals surface area contributed by atoms with Crippen LogP contribution in [0, 0.1) is 12.8 Å². The Morgan fingerprint density at radius 2 is 1.80 bits per heavy atom. The third-order valence-electron chi connectivity index (χ3n) is 4.25. The van der Waals surface area contributed by atoms with Crippen molar-refractivity contribution in [1.82, 2.24) is 4.31 Å². The standard InChI is InChI=1S/C15H17NO3S/c1-10-3-5-13(6-4-10)20(18,19)16-8-12-7-15(17)11(2)14(12)9-16/h3-6,12H,7-9H2,1-2H3. The lowest BCUT2D eigenvalue weighted by molar-refractivity contribution is -0.115. The molecule has 1 aliphatic heterocycles. The lowest BCUT2D eigenvalue weighted by Gasteiger charge is -2.16. The number of benzene rings is 1. The average molecular weight is 291 g/mol. The minimum atomic E-state index is -3.45. The van der Waals surface area contributed by atoms with Crippen LogP contribution in [0.4, 0.5) is 0 Å². The van der Waals surface area contributed by atoms with E-state index in [0.717, 1.165) is 16.7 Å². The van der Waals surface area contributed by atoms with Crippen molar-refractivity contribution in [3.8, 4) is 0 Å². The Labute approximate surface area is 119 Å². The minimum absolute atomic E-state index is 0.0859. The molecule has 20 heavy (non-hydrogen) atoms. The predicted molar refractivity (Wildman–Crippen MR) is 75.8 cm³/mol.